The molecule has 0 amide bonds. The summed E-state index contributed by atoms with van der Waals surface area (Å²) in [6, 6.07) is 14.7. The zero-order valence-electron chi connectivity index (χ0n) is 15.1. The predicted octanol–water partition coefficient (Wildman–Crippen LogP) is 5.68. The van der Waals surface area contributed by atoms with E-state index >= 15 is 0 Å². The average molecular weight is 460 g/mol. The van der Waals surface area contributed by atoms with Crippen molar-refractivity contribution in [2.45, 2.75) is 26.1 Å². The number of benzene rings is 2. The number of nitriles is 1. The number of nitrogens with zero attached hydrogens (tertiary/aromatic N) is 2. The highest BCUT2D eigenvalue weighted by Gasteiger charge is 2.30. The molecule has 0 saturated heterocycles. The molecule has 3 rings (SSSR count). The van der Waals surface area contributed by atoms with Gasteiger partial charge < -0.3 is 9.84 Å². The number of fused-ring (bicyclic) bond motifs is 1. The molecular formula is C21H16BrClN2O3. The van der Waals surface area contributed by atoms with Crippen LogP contribution < -0.4 is 0 Å². The molecule has 1 N–H and O–H groups in total. The van der Waals surface area contributed by atoms with Gasteiger partial charge in [-0.2, -0.15) is 5.26 Å². The highest BCUT2D eigenvalue weighted by Crippen LogP contribution is 2.39. The third-order valence-corrected chi connectivity index (χ3v) is 5.06. The summed E-state index contributed by atoms with van der Waals surface area (Å²) in [6.45, 7) is 3.25. The van der Waals surface area contributed by atoms with Gasteiger partial charge in [0.05, 0.1) is 11.6 Å². The van der Waals surface area contributed by atoms with E-state index in [0.29, 0.717) is 21.8 Å². The fourth-order valence-electron chi connectivity index (χ4n) is 3.11. The number of carboxylic acid groups (broad SMARTS) is 1. The molecule has 0 aliphatic heterocycles. The first-order valence-corrected chi connectivity index (χ1v) is 9.62. The van der Waals surface area contributed by atoms with Crippen LogP contribution in [0.25, 0.3) is 22.0 Å². The van der Waals surface area contributed by atoms with Crippen LogP contribution in [-0.2, 0) is 9.53 Å². The summed E-state index contributed by atoms with van der Waals surface area (Å²) in [7, 11) is 0. The van der Waals surface area contributed by atoms with Gasteiger partial charge >= 0.3 is 5.97 Å². The molecule has 28 heavy (non-hydrogen) atoms. The van der Waals surface area contributed by atoms with Crippen LogP contribution in [0, 0.1) is 18.3 Å². The van der Waals surface area contributed by atoms with Gasteiger partial charge in [-0.05, 0) is 55.3 Å². The third-order valence-electron chi connectivity index (χ3n) is 4.32. The van der Waals surface area contributed by atoms with Gasteiger partial charge in [-0.1, -0.05) is 39.7 Å². The summed E-state index contributed by atoms with van der Waals surface area (Å²) in [4.78, 5) is 16.6. The molecule has 0 spiro atoms. The van der Waals surface area contributed by atoms with Crippen LogP contribution in [0.15, 0.2) is 46.9 Å². The molecule has 142 valence electrons. The molecule has 0 fully saturated rings. The highest BCUT2D eigenvalue weighted by atomic mass is 79.9. The standard InChI is InChI=1S/C21H16BrClN2O3/c1-11(10-24)28-20(21(26)27)18-12(2)25-17-8-5-14(22)9-16(17)19(18)13-3-6-15(23)7-4-13/h3-9,11,20H,1-2H3,(H,26,27)/t11-,20?/m0/s1. The molecular weight excluding hydrogens is 444 g/mol. The maximum atomic E-state index is 12.1. The second-order valence-corrected chi connectivity index (χ2v) is 7.63. The number of ether oxygens (including phenoxy) is 1. The molecule has 3 aromatic rings. The van der Waals surface area contributed by atoms with Crippen LogP contribution in [0.3, 0.4) is 0 Å². The first-order chi connectivity index (χ1) is 13.3. The number of carbonyl (C=O) groups is 1. The van der Waals surface area contributed by atoms with Gasteiger partial charge in [-0.25, -0.2) is 4.79 Å². The summed E-state index contributed by atoms with van der Waals surface area (Å²) >= 11 is 9.51. The zero-order chi connectivity index (χ0) is 20.4. The Morgan fingerprint density at radius 2 is 1.96 bits per heavy atom. The van der Waals surface area contributed by atoms with Crippen molar-refractivity contribution in [2.75, 3.05) is 0 Å². The molecule has 2 atom stereocenters. The number of halogens is 2. The van der Waals surface area contributed by atoms with Crippen molar-refractivity contribution in [3.05, 3.63) is 63.2 Å². The minimum Gasteiger partial charge on any atom is -0.479 e. The fourth-order valence-corrected chi connectivity index (χ4v) is 3.59. The van der Waals surface area contributed by atoms with E-state index in [4.69, 9.17) is 21.6 Å². The third kappa shape index (κ3) is 4.02. The molecule has 1 heterocycles. The van der Waals surface area contributed by atoms with Gasteiger partial charge in [0.2, 0.25) is 0 Å². The smallest absolute Gasteiger partial charge is 0.337 e. The van der Waals surface area contributed by atoms with Crippen molar-refractivity contribution in [2.24, 2.45) is 0 Å². The van der Waals surface area contributed by atoms with E-state index in [2.05, 4.69) is 20.9 Å². The maximum Gasteiger partial charge on any atom is 0.337 e. The van der Waals surface area contributed by atoms with Gasteiger partial charge in [0.1, 0.15) is 6.10 Å². The van der Waals surface area contributed by atoms with E-state index in [-0.39, 0.29) is 0 Å². The molecule has 0 saturated carbocycles. The molecule has 0 bridgehead atoms. The monoisotopic (exact) mass is 458 g/mol. The SMILES string of the molecule is Cc1nc2ccc(Br)cc2c(-c2ccc(Cl)cc2)c1C(O[C@@H](C)C#N)C(=O)O. The van der Waals surface area contributed by atoms with E-state index in [9.17, 15) is 9.90 Å². The van der Waals surface area contributed by atoms with Crippen LogP contribution in [0.2, 0.25) is 5.02 Å². The number of aliphatic carboxylic acids is 1. The van der Waals surface area contributed by atoms with Gasteiger partial charge in [-0.3, -0.25) is 4.98 Å². The zero-order valence-corrected chi connectivity index (χ0v) is 17.5. The van der Waals surface area contributed by atoms with Crippen LogP contribution in [0.5, 0.6) is 0 Å². The van der Waals surface area contributed by atoms with Gasteiger partial charge in [0.15, 0.2) is 6.10 Å². The van der Waals surface area contributed by atoms with Crippen LogP contribution in [0.4, 0.5) is 0 Å². The van der Waals surface area contributed by atoms with Crippen molar-refractivity contribution in [1.82, 2.24) is 4.98 Å². The van der Waals surface area contributed by atoms with Crippen molar-refractivity contribution >= 4 is 44.4 Å². The molecule has 5 nitrogen and oxygen atoms in total. The Balaban J connectivity index is 2.39. The number of aromatic nitrogens is 1. The number of carboxylic acids is 1. The van der Waals surface area contributed by atoms with Crippen molar-refractivity contribution in [1.29, 1.82) is 5.26 Å². The van der Waals surface area contributed by atoms with Crippen LogP contribution in [-0.4, -0.2) is 22.2 Å². The van der Waals surface area contributed by atoms with E-state index in [1.807, 2.05) is 36.4 Å². The van der Waals surface area contributed by atoms with Crippen LogP contribution in [0.1, 0.15) is 24.3 Å². The molecule has 0 aliphatic carbocycles. The summed E-state index contributed by atoms with van der Waals surface area (Å²) in [6.07, 6.45) is -2.23. The number of rotatable bonds is 5. The molecule has 0 radical (unpaired) electrons. The number of hydrogen-bond acceptors (Lipinski definition) is 4. The lowest BCUT2D eigenvalue weighted by Crippen LogP contribution is -2.22. The second-order valence-electron chi connectivity index (χ2n) is 6.28. The summed E-state index contributed by atoms with van der Waals surface area (Å²) in [5.74, 6) is -1.18. The minimum absolute atomic E-state index is 0.419. The predicted molar refractivity (Wildman–Crippen MR) is 111 cm³/mol. The van der Waals surface area contributed by atoms with Gasteiger partial charge in [0.25, 0.3) is 0 Å². The molecule has 7 heteroatoms. The Bertz CT molecular complexity index is 1090. The number of aryl methyl sites for hydroxylation is 1. The quantitative estimate of drug-likeness (QED) is 0.530. The number of hydrogen-bond donors (Lipinski definition) is 1. The largest absolute Gasteiger partial charge is 0.479 e. The maximum absolute atomic E-state index is 12.1. The Hall–Kier alpha value is -2.46. The Labute approximate surface area is 175 Å². The highest BCUT2D eigenvalue weighted by molar-refractivity contribution is 9.10. The molecule has 0 aliphatic rings. The summed E-state index contributed by atoms with van der Waals surface area (Å²) < 4.78 is 6.39. The fraction of sp³-hybridized carbons (Fsp3) is 0.190. The molecule has 1 aromatic heterocycles. The topological polar surface area (TPSA) is 83.2 Å². The van der Waals surface area contributed by atoms with E-state index < -0.39 is 18.2 Å². The Kier molecular flexibility index (Phi) is 5.99. The second kappa shape index (κ2) is 8.27. The van der Waals surface area contributed by atoms with E-state index in [0.717, 1.165) is 20.9 Å². The van der Waals surface area contributed by atoms with E-state index in [1.165, 1.54) is 6.92 Å². The van der Waals surface area contributed by atoms with Crippen molar-refractivity contribution in [3.8, 4) is 17.2 Å². The molecule has 1 unspecified atom stereocenters. The Morgan fingerprint density at radius 1 is 1.29 bits per heavy atom. The lowest BCUT2D eigenvalue weighted by molar-refractivity contribution is -0.152. The van der Waals surface area contributed by atoms with Gasteiger partial charge in [0, 0.05) is 26.1 Å². The van der Waals surface area contributed by atoms with Gasteiger partial charge in [-0.15, -0.1) is 0 Å². The molecule has 2 aromatic carbocycles. The lowest BCUT2D eigenvalue weighted by Gasteiger charge is -2.22. The van der Waals surface area contributed by atoms with Crippen LogP contribution >= 0.6 is 27.5 Å². The normalized spacial score (nSPS) is 13.1. The van der Waals surface area contributed by atoms with E-state index in [1.54, 1.807) is 19.1 Å². The summed E-state index contributed by atoms with van der Waals surface area (Å²) in [5.41, 5.74) is 3.15. The minimum atomic E-state index is -1.34. The van der Waals surface area contributed by atoms with Crippen molar-refractivity contribution < 1.29 is 14.6 Å². The first-order valence-electron chi connectivity index (χ1n) is 8.45. The van der Waals surface area contributed by atoms with Crippen molar-refractivity contribution in [3.63, 3.8) is 0 Å². The first kappa shape index (κ1) is 20.3. The summed E-state index contributed by atoms with van der Waals surface area (Å²) in [5, 5.41) is 20.3. The number of pyridine rings is 1. The average Bonchev–Trinajstić information content (AvgIpc) is 2.66. The lowest BCUT2D eigenvalue weighted by atomic mass is 9.91. The Morgan fingerprint density at radius 3 is 2.57 bits per heavy atom.